The molecule has 0 aliphatic rings. The zero-order chi connectivity index (χ0) is 12.8. The van der Waals surface area contributed by atoms with E-state index < -0.39 is 6.16 Å². The van der Waals surface area contributed by atoms with Crippen LogP contribution in [0.1, 0.15) is 58.3 Å². The van der Waals surface area contributed by atoms with Gasteiger partial charge < -0.3 is 14.3 Å². The summed E-state index contributed by atoms with van der Waals surface area (Å²) in [6.07, 6.45) is 8.14. The Morgan fingerprint density at radius 2 is 1.53 bits per heavy atom. The van der Waals surface area contributed by atoms with Gasteiger partial charge in [0.2, 0.25) is 0 Å². The van der Waals surface area contributed by atoms with Gasteiger partial charge in [-0.2, -0.15) is 0 Å². The fraction of sp³-hybridized carbons (Fsp3) is 0.846. The van der Waals surface area contributed by atoms with E-state index in [1.54, 1.807) is 0 Å². The molecule has 0 aromatic carbocycles. The van der Waals surface area contributed by atoms with Gasteiger partial charge in [-0.1, -0.05) is 39.0 Å². The van der Waals surface area contributed by atoms with Crippen molar-refractivity contribution in [3.63, 3.8) is 0 Å². The number of carbonyl (C=O) groups excluding carboxylic acids is 2. The number of hydrogen-bond donors (Lipinski definition) is 0. The Labute approximate surface area is 104 Å². The monoisotopic (exact) mass is 244 g/mol. The molecule has 0 aromatic heterocycles. The summed E-state index contributed by atoms with van der Waals surface area (Å²) in [6.45, 7) is 2.87. The molecule has 0 bridgehead atoms. The van der Waals surface area contributed by atoms with Gasteiger partial charge in [0, 0.05) is 6.42 Å². The van der Waals surface area contributed by atoms with Gasteiger partial charge in [0.15, 0.2) is 0 Å². The summed E-state index contributed by atoms with van der Waals surface area (Å²) < 4.78 is 9.65. The Morgan fingerprint density at radius 1 is 0.941 bits per heavy atom. The second-order valence-corrected chi connectivity index (χ2v) is 4.02. The molecule has 17 heavy (non-hydrogen) atoms. The highest BCUT2D eigenvalue weighted by Gasteiger charge is 2.02. The Morgan fingerprint density at radius 3 is 2.18 bits per heavy atom. The van der Waals surface area contributed by atoms with Crippen LogP contribution >= 0.6 is 0 Å². The van der Waals surface area contributed by atoms with Crippen LogP contribution in [0, 0.1) is 0 Å². The van der Waals surface area contributed by atoms with Crippen LogP contribution in [0.4, 0.5) is 4.79 Å². The predicted octanol–water partition coefficient (Wildman–Crippen LogP) is 3.48. The Kier molecular flexibility index (Phi) is 12.2. The summed E-state index contributed by atoms with van der Waals surface area (Å²) in [4.78, 5) is 21.0. The summed E-state index contributed by atoms with van der Waals surface area (Å²) in [5, 5.41) is 0. The number of carbonyl (C=O) groups is 2. The molecule has 0 unspecified atom stereocenters. The zero-order valence-electron chi connectivity index (χ0n) is 10.8. The second-order valence-electron chi connectivity index (χ2n) is 4.02. The predicted molar refractivity (Wildman–Crippen MR) is 66.0 cm³/mol. The van der Waals surface area contributed by atoms with Crippen molar-refractivity contribution in [2.24, 2.45) is 0 Å². The number of rotatable bonds is 11. The first-order chi connectivity index (χ1) is 8.31. The molecule has 0 fully saturated rings. The largest absolute Gasteiger partial charge is 0.508 e. The Hall–Kier alpha value is -1.06. The van der Waals surface area contributed by atoms with Crippen molar-refractivity contribution in [1.82, 2.24) is 0 Å². The second kappa shape index (κ2) is 13.0. The molecule has 4 heteroatoms. The molecule has 0 aromatic rings. The molecule has 4 nitrogen and oxygen atoms in total. The summed E-state index contributed by atoms with van der Waals surface area (Å²) in [6, 6.07) is 0. The van der Waals surface area contributed by atoms with Gasteiger partial charge in [0.25, 0.3) is 0 Å². The topological polar surface area (TPSA) is 52.6 Å². The van der Waals surface area contributed by atoms with E-state index in [2.05, 4.69) is 6.92 Å². The van der Waals surface area contributed by atoms with Crippen LogP contribution < -0.4 is 0 Å². The molecule has 0 atom stereocenters. The zero-order valence-corrected chi connectivity index (χ0v) is 10.8. The van der Waals surface area contributed by atoms with Crippen molar-refractivity contribution < 1.29 is 19.1 Å². The van der Waals surface area contributed by atoms with Crippen molar-refractivity contribution in [1.29, 1.82) is 0 Å². The van der Waals surface area contributed by atoms with Gasteiger partial charge >= 0.3 is 6.16 Å². The minimum atomic E-state index is -0.621. The standard InChI is InChI=1S/C13H24O4/c1-2-3-4-5-6-8-11-16-13(15)17-12-9-7-10-14/h10H,2-9,11-12H2,1H3. The first kappa shape index (κ1) is 15.9. The van der Waals surface area contributed by atoms with E-state index in [0.717, 1.165) is 19.1 Å². The van der Waals surface area contributed by atoms with Gasteiger partial charge in [-0.05, 0) is 12.8 Å². The average Bonchev–Trinajstić information content (AvgIpc) is 2.33. The molecule has 0 heterocycles. The number of ether oxygens (including phenoxy) is 2. The minimum absolute atomic E-state index is 0.258. The summed E-state index contributed by atoms with van der Waals surface area (Å²) in [5.74, 6) is 0. The molecule has 0 saturated carbocycles. The fourth-order valence-corrected chi connectivity index (χ4v) is 1.40. The van der Waals surface area contributed by atoms with E-state index in [0.29, 0.717) is 19.4 Å². The highest BCUT2D eigenvalue weighted by Crippen LogP contribution is 2.05. The molecule has 0 radical (unpaired) electrons. The summed E-state index contributed by atoms with van der Waals surface area (Å²) in [7, 11) is 0. The summed E-state index contributed by atoms with van der Waals surface area (Å²) >= 11 is 0. The lowest BCUT2D eigenvalue weighted by Crippen LogP contribution is -2.09. The molecule has 0 saturated heterocycles. The number of hydrogen-bond acceptors (Lipinski definition) is 4. The maximum atomic E-state index is 11.0. The maximum absolute atomic E-state index is 11.0. The Bertz CT molecular complexity index is 192. The smallest absolute Gasteiger partial charge is 0.434 e. The van der Waals surface area contributed by atoms with E-state index in [4.69, 9.17) is 9.47 Å². The summed E-state index contributed by atoms with van der Waals surface area (Å²) in [5.41, 5.74) is 0. The van der Waals surface area contributed by atoms with Gasteiger partial charge in [-0.15, -0.1) is 0 Å². The van der Waals surface area contributed by atoms with Gasteiger partial charge in [0.05, 0.1) is 13.2 Å². The van der Waals surface area contributed by atoms with E-state index in [9.17, 15) is 9.59 Å². The third kappa shape index (κ3) is 12.9. The van der Waals surface area contributed by atoms with Gasteiger partial charge in [0.1, 0.15) is 6.29 Å². The lowest BCUT2D eigenvalue weighted by atomic mass is 10.1. The van der Waals surface area contributed by atoms with Crippen LogP contribution in [-0.2, 0) is 14.3 Å². The van der Waals surface area contributed by atoms with E-state index >= 15 is 0 Å². The van der Waals surface area contributed by atoms with Crippen LogP contribution in [0.25, 0.3) is 0 Å². The molecule has 100 valence electrons. The molecule has 0 aliphatic carbocycles. The quantitative estimate of drug-likeness (QED) is 0.317. The van der Waals surface area contributed by atoms with Crippen LogP contribution in [0.5, 0.6) is 0 Å². The van der Waals surface area contributed by atoms with Crippen LogP contribution in [0.15, 0.2) is 0 Å². The van der Waals surface area contributed by atoms with Crippen LogP contribution in [0.2, 0.25) is 0 Å². The van der Waals surface area contributed by atoms with E-state index in [1.807, 2.05) is 0 Å². The van der Waals surface area contributed by atoms with E-state index in [1.165, 1.54) is 25.7 Å². The third-order valence-corrected chi connectivity index (χ3v) is 2.40. The Balaban J connectivity index is 3.13. The number of unbranched alkanes of at least 4 members (excludes halogenated alkanes) is 6. The minimum Gasteiger partial charge on any atom is -0.434 e. The first-order valence-electron chi connectivity index (χ1n) is 6.54. The molecule has 0 rings (SSSR count). The third-order valence-electron chi connectivity index (χ3n) is 2.40. The molecular formula is C13H24O4. The SMILES string of the molecule is CCCCCCCCOC(=O)OCCCC=O. The lowest BCUT2D eigenvalue weighted by Gasteiger charge is -2.05. The van der Waals surface area contributed by atoms with Gasteiger partial charge in [-0.25, -0.2) is 4.79 Å². The molecule has 0 spiro atoms. The fourth-order valence-electron chi connectivity index (χ4n) is 1.40. The molecule has 0 N–H and O–H groups in total. The van der Waals surface area contributed by atoms with Gasteiger partial charge in [-0.3, -0.25) is 0 Å². The molecule has 0 amide bonds. The van der Waals surface area contributed by atoms with Crippen molar-refractivity contribution in [3.8, 4) is 0 Å². The lowest BCUT2D eigenvalue weighted by molar-refractivity contribution is -0.108. The first-order valence-corrected chi connectivity index (χ1v) is 6.54. The van der Waals surface area contributed by atoms with E-state index in [-0.39, 0.29) is 6.61 Å². The number of aldehydes is 1. The molecular weight excluding hydrogens is 220 g/mol. The normalized spacial score (nSPS) is 9.94. The van der Waals surface area contributed by atoms with Crippen molar-refractivity contribution in [2.75, 3.05) is 13.2 Å². The molecule has 0 aliphatic heterocycles. The van der Waals surface area contributed by atoms with Crippen molar-refractivity contribution >= 4 is 12.4 Å². The average molecular weight is 244 g/mol. The highest BCUT2D eigenvalue weighted by atomic mass is 16.7. The van der Waals surface area contributed by atoms with Crippen molar-refractivity contribution in [2.45, 2.75) is 58.3 Å². The van der Waals surface area contributed by atoms with Crippen molar-refractivity contribution in [3.05, 3.63) is 0 Å². The maximum Gasteiger partial charge on any atom is 0.508 e. The van der Waals surface area contributed by atoms with Crippen LogP contribution in [0.3, 0.4) is 0 Å². The van der Waals surface area contributed by atoms with Crippen LogP contribution in [-0.4, -0.2) is 25.7 Å². The highest BCUT2D eigenvalue weighted by molar-refractivity contribution is 5.59.